The van der Waals surface area contributed by atoms with Crippen LogP contribution < -0.4 is 4.74 Å². The summed E-state index contributed by atoms with van der Waals surface area (Å²) in [6, 6.07) is 5.79. The highest BCUT2D eigenvalue weighted by molar-refractivity contribution is 7.99. The number of aryl methyl sites for hydroxylation is 1. The highest BCUT2D eigenvalue weighted by Gasteiger charge is 2.19. The van der Waals surface area contributed by atoms with Crippen LogP contribution in [0.15, 0.2) is 42.1 Å². The average Bonchev–Trinajstić information content (AvgIpc) is 3.23. The molecule has 0 spiro atoms. The minimum atomic E-state index is -0.910. The molecule has 0 fully saturated rings. The van der Waals surface area contributed by atoms with Gasteiger partial charge in [0.05, 0.1) is 31.4 Å². The Hall–Kier alpha value is -2.81. The molecule has 0 saturated carbocycles. The van der Waals surface area contributed by atoms with Crippen LogP contribution in [0, 0.1) is 6.92 Å². The molecule has 3 rings (SSSR count). The highest BCUT2D eigenvalue weighted by Crippen LogP contribution is 2.30. The number of carboxylic acids is 1. The smallest absolute Gasteiger partial charge is 0.313 e. The van der Waals surface area contributed by atoms with Crippen molar-refractivity contribution >= 4 is 17.7 Å². The summed E-state index contributed by atoms with van der Waals surface area (Å²) < 4.78 is 9.18. The number of benzene rings is 1. The number of thioether (sulfide) groups is 1. The summed E-state index contributed by atoms with van der Waals surface area (Å²) in [7, 11) is 1.60. The van der Waals surface area contributed by atoms with Gasteiger partial charge in [0.25, 0.3) is 0 Å². The molecule has 0 amide bonds. The van der Waals surface area contributed by atoms with Crippen LogP contribution in [-0.2, 0) is 11.3 Å². The van der Waals surface area contributed by atoms with Gasteiger partial charge in [-0.05, 0) is 24.6 Å². The lowest BCUT2D eigenvalue weighted by Crippen LogP contribution is -2.09. The summed E-state index contributed by atoms with van der Waals surface area (Å²) in [5.41, 5.74) is 1.82. The van der Waals surface area contributed by atoms with Gasteiger partial charge in [0, 0.05) is 12.4 Å². The van der Waals surface area contributed by atoms with Crippen LogP contribution >= 0.6 is 11.8 Å². The number of hydrogen-bond acceptors (Lipinski definition) is 6. The van der Waals surface area contributed by atoms with Crippen LogP contribution in [0.3, 0.4) is 0 Å². The molecule has 0 bridgehead atoms. The summed E-state index contributed by atoms with van der Waals surface area (Å²) in [5.74, 6) is 0.313. The minimum absolute atomic E-state index is 0.0999. The van der Waals surface area contributed by atoms with E-state index in [0.29, 0.717) is 23.3 Å². The molecule has 0 unspecified atom stereocenters. The summed E-state index contributed by atoms with van der Waals surface area (Å²) in [6.07, 6.45) is 5.21. The zero-order chi connectivity index (χ0) is 17.8. The number of ether oxygens (including phenoxy) is 1. The van der Waals surface area contributed by atoms with Gasteiger partial charge in [-0.15, -0.1) is 10.2 Å². The maximum Gasteiger partial charge on any atom is 0.313 e. The molecule has 0 radical (unpaired) electrons. The third kappa shape index (κ3) is 3.82. The van der Waals surface area contributed by atoms with E-state index in [4.69, 9.17) is 9.84 Å². The van der Waals surface area contributed by atoms with Gasteiger partial charge < -0.3 is 14.4 Å². The Morgan fingerprint density at radius 1 is 1.36 bits per heavy atom. The summed E-state index contributed by atoms with van der Waals surface area (Å²) >= 11 is 1.12. The van der Waals surface area contributed by atoms with Crippen molar-refractivity contribution in [2.45, 2.75) is 18.6 Å². The Labute approximate surface area is 148 Å². The fourth-order valence-electron chi connectivity index (χ4n) is 2.38. The summed E-state index contributed by atoms with van der Waals surface area (Å²) in [6.45, 7) is 2.44. The van der Waals surface area contributed by atoms with Gasteiger partial charge in [-0.3, -0.25) is 9.36 Å². The molecule has 1 N–H and O–H groups in total. The van der Waals surface area contributed by atoms with Crippen LogP contribution in [0.25, 0.3) is 5.69 Å². The lowest BCUT2D eigenvalue weighted by Gasteiger charge is -2.14. The Kier molecular flexibility index (Phi) is 5.03. The third-order valence-electron chi connectivity index (χ3n) is 3.48. The summed E-state index contributed by atoms with van der Waals surface area (Å²) in [5, 5.41) is 17.9. The number of nitrogens with zero attached hydrogens (tertiary/aromatic N) is 5. The minimum Gasteiger partial charge on any atom is -0.495 e. The van der Waals surface area contributed by atoms with Gasteiger partial charge in [-0.2, -0.15) is 0 Å². The van der Waals surface area contributed by atoms with E-state index < -0.39 is 5.97 Å². The molecular weight excluding hydrogens is 342 g/mol. The molecule has 8 nitrogen and oxygen atoms in total. The Morgan fingerprint density at radius 2 is 2.20 bits per heavy atom. The molecule has 1 aromatic carbocycles. The van der Waals surface area contributed by atoms with E-state index in [9.17, 15) is 4.79 Å². The number of aromatic nitrogens is 5. The number of imidazole rings is 1. The molecule has 2 aromatic heterocycles. The van der Waals surface area contributed by atoms with Crippen LogP contribution in [0.2, 0.25) is 0 Å². The van der Waals surface area contributed by atoms with Crippen molar-refractivity contribution in [3.05, 3.63) is 48.3 Å². The molecule has 0 aliphatic carbocycles. The van der Waals surface area contributed by atoms with Gasteiger partial charge in [0.1, 0.15) is 5.75 Å². The second kappa shape index (κ2) is 7.39. The van der Waals surface area contributed by atoms with Crippen molar-refractivity contribution in [3.8, 4) is 11.4 Å². The predicted octanol–water partition coefficient (Wildman–Crippen LogP) is 2.01. The molecule has 25 heavy (non-hydrogen) atoms. The first-order chi connectivity index (χ1) is 12.1. The second-order valence-corrected chi connectivity index (χ2v) is 6.27. The number of hydrogen-bond donors (Lipinski definition) is 1. The number of carboxylic acid groups (broad SMARTS) is 1. The Morgan fingerprint density at radius 3 is 2.88 bits per heavy atom. The zero-order valence-corrected chi connectivity index (χ0v) is 14.6. The molecule has 0 atom stereocenters. The Balaban J connectivity index is 2.08. The van der Waals surface area contributed by atoms with Crippen LogP contribution in [0.1, 0.15) is 11.4 Å². The third-order valence-corrected chi connectivity index (χ3v) is 4.40. The molecule has 0 aliphatic heterocycles. The van der Waals surface area contributed by atoms with Gasteiger partial charge >= 0.3 is 5.97 Å². The highest BCUT2D eigenvalue weighted by atomic mass is 32.2. The van der Waals surface area contributed by atoms with E-state index >= 15 is 0 Å². The van der Waals surface area contributed by atoms with Crippen molar-refractivity contribution in [3.63, 3.8) is 0 Å². The number of methoxy groups -OCH3 is 1. The van der Waals surface area contributed by atoms with E-state index in [1.165, 1.54) is 0 Å². The monoisotopic (exact) mass is 359 g/mol. The maximum atomic E-state index is 10.9. The lowest BCUT2D eigenvalue weighted by atomic mass is 10.2. The quantitative estimate of drug-likeness (QED) is 0.645. The van der Waals surface area contributed by atoms with Gasteiger partial charge in [0.2, 0.25) is 0 Å². The van der Waals surface area contributed by atoms with Crippen molar-refractivity contribution in [1.82, 2.24) is 24.3 Å². The predicted molar refractivity (Wildman–Crippen MR) is 92.3 cm³/mol. The summed E-state index contributed by atoms with van der Waals surface area (Å²) in [4.78, 5) is 15.0. The standard InChI is InChI=1S/C16H17N5O3S/c1-11-3-4-13(24-2)12(7-11)21-14(8-20-6-5-17-10-20)18-19-16(21)25-9-15(22)23/h3-7,10H,8-9H2,1-2H3,(H,22,23). The molecule has 3 aromatic rings. The van der Waals surface area contributed by atoms with E-state index in [1.807, 2.05) is 40.5 Å². The van der Waals surface area contributed by atoms with Crippen molar-refractivity contribution in [2.24, 2.45) is 0 Å². The molecule has 0 aliphatic rings. The molecule has 2 heterocycles. The molecular formula is C16H17N5O3S. The van der Waals surface area contributed by atoms with Crippen molar-refractivity contribution in [1.29, 1.82) is 0 Å². The van der Waals surface area contributed by atoms with Crippen molar-refractivity contribution in [2.75, 3.05) is 12.9 Å². The second-order valence-electron chi connectivity index (χ2n) is 5.33. The van der Waals surface area contributed by atoms with E-state index in [0.717, 1.165) is 23.0 Å². The number of carbonyl (C=O) groups is 1. The Bertz CT molecular complexity index is 876. The fraction of sp³-hybridized carbons (Fsp3) is 0.250. The SMILES string of the molecule is COc1ccc(C)cc1-n1c(Cn2ccnc2)nnc1SCC(=O)O. The van der Waals surface area contributed by atoms with E-state index in [2.05, 4.69) is 15.2 Å². The topological polar surface area (TPSA) is 95.1 Å². The first kappa shape index (κ1) is 17.0. The van der Waals surface area contributed by atoms with Crippen molar-refractivity contribution < 1.29 is 14.6 Å². The zero-order valence-electron chi connectivity index (χ0n) is 13.8. The first-order valence-corrected chi connectivity index (χ1v) is 8.46. The number of aliphatic carboxylic acids is 1. The van der Waals surface area contributed by atoms with E-state index in [1.54, 1.807) is 19.6 Å². The van der Waals surface area contributed by atoms with E-state index in [-0.39, 0.29) is 5.75 Å². The largest absolute Gasteiger partial charge is 0.495 e. The number of rotatable bonds is 7. The first-order valence-electron chi connectivity index (χ1n) is 7.48. The molecule has 0 saturated heterocycles. The molecule has 130 valence electrons. The maximum absolute atomic E-state index is 10.9. The average molecular weight is 359 g/mol. The van der Waals surface area contributed by atoms with Gasteiger partial charge in [-0.25, -0.2) is 4.98 Å². The van der Waals surface area contributed by atoms with Gasteiger partial charge in [-0.1, -0.05) is 17.8 Å². The fourth-order valence-corrected chi connectivity index (χ4v) is 3.07. The van der Waals surface area contributed by atoms with Crippen LogP contribution in [0.4, 0.5) is 0 Å². The van der Waals surface area contributed by atoms with Crippen LogP contribution in [-0.4, -0.2) is 48.3 Å². The molecule has 9 heteroatoms. The van der Waals surface area contributed by atoms with Crippen LogP contribution in [0.5, 0.6) is 5.75 Å². The lowest BCUT2D eigenvalue weighted by molar-refractivity contribution is -0.133. The normalized spacial score (nSPS) is 10.8. The van der Waals surface area contributed by atoms with Gasteiger partial charge in [0.15, 0.2) is 11.0 Å².